The molecule has 18 heavy (non-hydrogen) atoms. The fraction of sp³-hybridized carbons (Fsp3) is 0.750. The predicted octanol–water partition coefficient (Wildman–Crippen LogP) is 3.98. The Balaban J connectivity index is 3.07. The highest BCUT2D eigenvalue weighted by Gasteiger charge is 2.00. The Morgan fingerprint density at radius 1 is 0.889 bits per heavy atom. The molecule has 2 heteroatoms. The van der Waals surface area contributed by atoms with E-state index in [1.54, 1.807) is 0 Å². The van der Waals surface area contributed by atoms with Crippen molar-refractivity contribution in [1.82, 2.24) is 0 Å². The van der Waals surface area contributed by atoms with Gasteiger partial charge in [-0.15, -0.1) is 0 Å². The van der Waals surface area contributed by atoms with Crippen LogP contribution in [0.1, 0.15) is 64.7 Å². The van der Waals surface area contributed by atoms with Crippen LogP contribution in [0.5, 0.6) is 0 Å². The van der Waals surface area contributed by atoms with Crippen LogP contribution in [0.15, 0.2) is 24.3 Å². The molecule has 0 aromatic carbocycles. The first-order valence-corrected chi connectivity index (χ1v) is 7.38. The standard InChI is InChI=1S/C16H30O2/c1-2-3-4-5-6-7-8-9-10-11-12-13-14-16(18)15-17/h2-5,16-18H,6-15H2,1H3. The molecule has 0 aliphatic rings. The number of aliphatic hydroxyl groups is 2. The predicted molar refractivity (Wildman–Crippen MR) is 78.6 cm³/mol. The van der Waals surface area contributed by atoms with E-state index >= 15 is 0 Å². The van der Waals surface area contributed by atoms with Gasteiger partial charge in [-0.25, -0.2) is 0 Å². The summed E-state index contributed by atoms with van der Waals surface area (Å²) >= 11 is 0. The topological polar surface area (TPSA) is 40.5 Å². The van der Waals surface area contributed by atoms with Crippen LogP contribution in [0.3, 0.4) is 0 Å². The summed E-state index contributed by atoms with van der Waals surface area (Å²) in [7, 11) is 0. The summed E-state index contributed by atoms with van der Waals surface area (Å²) in [6.07, 6.45) is 18.6. The first kappa shape index (κ1) is 17.4. The van der Waals surface area contributed by atoms with Gasteiger partial charge in [0.25, 0.3) is 0 Å². The molecular formula is C16H30O2. The average Bonchev–Trinajstić information content (AvgIpc) is 2.39. The third-order valence-corrected chi connectivity index (χ3v) is 3.06. The normalized spacial score (nSPS) is 13.7. The van der Waals surface area contributed by atoms with Gasteiger partial charge in [0.1, 0.15) is 0 Å². The molecule has 0 radical (unpaired) electrons. The second-order valence-electron chi connectivity index (χ2n) is 4.84. The Morgan fingerprint density at radius 2 is 1.50 bits per heavy atom. The lowest BCUT2D eigenvalue weighted by molar-refractivity contribution is 0.0860. The second kappa shape index (κ2) is 14.5. The van der Waals surface area contributed by atoms with Crippen LogP contribution in [0.4, 0.5) is 0 Å². The van der Waals surface area contributed by atoms with Crippen LogP contribution in [0.2, 0.25) is 0 Å². The van der Waals surface area contributed by atoms with Crippen molar-refractivity contribution < 1.29 is 10.2 Å². The zero-order chi connectivity index (χ0) is 13.5. The molecule has 0 aliphatic carbocycles. The van der Waals surface area contributed by atoms with Crippen LogP contribution in [0, 0.1) is 0 Å². The summed E-state index contributed by atoms with van der Waals surface area (Å²) in [5.41, 5.74) is 0. The molecule has 0 rings (SSSR count). The van der Waals surface area contributed by atoms with Crippen molar-refractivity contribution in [1.29, 1.82) is 0 Å². The van der Waals surface area contributed by atoms with Crippen molar-refractivity contribution >= 4 is 0 Å². The van der Waals surface area contributed by atoms with E-state index in [1.807, 2.05) is 13.0 Å². The number of unbranched alkanes of at least 4 members (excludes halogenated alkanes) is 7. The lowest BCUT2D eigenvalue weighted by Crippen LogP contribution is -2.10. The fourth-order valence-corrected chi connectivity index (χ4v) is 1.90. The molecule has 0 aromatic rings. The molecule has 0 heterocycles. The minimum Gasteiger partial charge on any atom is -0.394 e. The van der Waals surface area contributed by atoms with Gasteiger partial charge in [-0.3, -0.25) is 0 Å². The second-order valence-corrected chi connectivity index (χ2v) is 4.84. The molecule has 0 saturated carbocycles. The molecule has 0 spiro atoms. The fourth-order valence-electron chi connectivity index (χ4n) is 1.90. The molecule has 0 aromatic heterocycles. The summed E-state index contributed by atoms with van der Waals surface area (Å²) in [5, 5.41) is 17.8. The highest BCUT2D eigenvalue weighted by molar-refractivity contribution is 5.00. The first-order chi connectivity index (χ1) is 8.81. The number of hydrogen-bond donors (Lipinski definition) is 2. The van der Waals surface area contributed by atoms with Crippen LogP contribution < -0.4 is 0 Å². The zero-order valence-electron chi connectivity index (χ0n) is 11.9. The van der Waals surface area contributed by atoms with Gasteiger partial charge in [0.15, 0.2) is 0 Å². The van der Waals surface area contributed by atoms with E-state index in [0.29, 0.717) is 0 Å². The van der Waals surface area contributed by atoms with E-state index in [2.05, 4.69) is 18.2 Å². The molecule has 0 aliphatic heterocycles. The van der Waals surface area contributed by atoms with Gasteiger partial charge >= 0.3 is 0 Å². The van der Waals surface area contributed by atoms with Gasteiger partial charge in [0.05, 0.1) is 12.7 Å². The van der Waals surface area contributed by atoms with Gasteiger partial charge in [-0.1, -0.05) is 62.8 Å². The van der Waals surface area contributed by atoms with E-state index < -0.39 is 6.10 Å². The van der Waals surface area contributed by atoms with E-state index in [1.165, 1.54) is 44.9 Å². The lowest BCUT2D eigenvalue weighted by atomic mass is 10.1. The van der Waals surface area contributed by atoms with Crippen molar-refractivity contribution in [3.8, 4) is 0 Å². The van der Waals surface area contributed by atoms with Gasteiger partial charge in [0.2, 0.25) is 0 Å². The van der Waals surface area contributed by atoms with E-state index in [9.17, 15) is 0 Å². The summed E-state index contributed by atoms with van der Waals surface area (Å²) < 4.78 is 0. The Labute approximate surface area is 112 Å². The number of allylic oxidation sites excluding steroid dienone is 4. The SMILES string of the molecule is CC=CC=CCCCCCCCCCC(O)CO. The highest BCUT2D eigenvalue weighted by atomic mass is 16.3. The summed E-state index contributed by atoms with van der Waals surface area (Å²) in [5.74, 6) is 0. The average molecular weight is 254 g/mol. The van der Waals surface area contributed by atoms with Crippen LogP contribution >= 0.6 is 0 Å². The molecule has 2 nitrogen and oxygen atoms in total. The molecule has 0 saturated heterocycles. The number of rotatable bonds is 12. The number of hydrogen-bond acceptors (Lipinski definition) is 2. The van der Waals surface area contributed by atoms with Gasteiger partial charge in [0, 0.05) is 0 Å². The molecular weight excluding hydrogens is 224 g/mol. The monoisotopic (exact) mass is 254 g/mol. The molecule has 2 N–H and O–H groups in total. The van der Waals surface area contributed by atoms with Crippen LogP contribution in [-0.4, -0.2) is 22.9 Å². The Morgan fingerprint density at radius 3 is 2.11 bits per heavy atom. The molecule has 106 valence electrons. The lowest BCUT2D eigenvalue weighted by Gasteiger charge is -2.06. The zero-order valence-corrected chi connectivity index (χ0v) is 11.9. The minimum absolute atomic E-state index is 0.0965. The largest absolute Gasteiger partial charge is 0.394 e. The summed E-state index contributed by atoms with van der Waals surface area (Å²) in [4.78, 5) is 0. The third kappa shape index (κ3) is 13.5. The third-order valence-electron chi connectivity index (χ3n) is 3.06. The summed E-state index contributed by atoms with van der Waals surface area (Å²) in [6, 6.07) is 0. The van der Waals surface area contributed by atoms with Gasteiger partial charge in [-0.05, 0) is 26.2 Å². The molecule has 0 amide bonds. The van der Waals surface area contributed by atoms with Crippen molar-refractivity contribution in [2.75, 3.05) is 6.61 Å². The minimum atomic E-state index is -0.506. The quantitative estimate of drug-likeness (QED) is 0.408. The van der Waals surface area contributed by atoms with Gasteiger partial charge < -0.3 is 10.2 Å². The first-order valence-electron chi connectivity index (χ1n) is 7.38. The maximum absolute atomic E-state index is 9.16. The van der Waals surface area contributed by atoms with Crippen molar-refractivity contribution in [2.24, 2.45) is 0 Å². The molecule has 0 fully saturated rings. The van der Waals surface area contributed by atoms with Crippen LogP contribution in [0.25, 0.3) is 0 Å². The molecule has 0 bridgehead atoms. The van der Waals surface area contributed by atoms with Crippen molar-refractivity contribution in [2.45, 2.75) is 70.8 Å². The summed E-state index contributed by atoms with van der Waals surface area (Å²) in [6.45, 7) is 1.94. The smallest absolute Gasteiger partial charge is 0.0770 e. The molecule has 1 unspecified atom stereocenters. The van der Waals surface area contributed by atoms with Crippen LogP contribution in [-0.2, 0) is 0 Å². The Bertz CT molecular complexity index is 209. The van der Waals surface area contributed by atoms with Crippen molar-refractivity contribution in [3.63, 3.8) is 0 Å². The van der Waals surface area contributed by atoms with Crippen molar-refractivity contribution in [3.05, 3.63) is 24.3 Å². The maximum atomic E-state index is 9.16. The van der Waals surface area contributed by atoms with E-state index in [4.69, 9.17) is 10.2 Å². The Kier molecular flexibility index (Phi) is 14.0. The maximum Gasteiger partial charge on any atom is 0.0770 e. The van der Waals surface area contributed by atoms with E-state index in [0.717, 1.165) is 12.8 Å². The number of aliphatic hydroxyl groups excluding tert-OH is 2. The highest BCUT2D eigenvalue weighted by Crippen LogP contribution is 2.10. The molecule has 1 atom stereocenters. The van der Waals surface area contributed by atoms with E-state index in [-0.39, 0.29) is 6.61 Å². The van der Waals surface area contributed by atoms with Gasteiger partial charge in [-0.2, -0.15) is 0 Å². The Hall–Kier alpha value is -0.600.